The minimum absolute atomic E-state index is 0.0350. The maximum Gasteiger partial charge on any atom is 0.254 e. The van der Waals surface area contributed by atoms with Gasteiger partial charge in [-0.2, -0.15) is 0 Å². The first kappa shape index (κ1) is 24.7. The number of aromatic nitrogens is 1. The summed E-state index contributed by atoms with van der Waals surface area (Å²) in [6.45, 7) is 4.98. The van der Waals surface area contributed by atoms with Gasteiger partial charge in [-0.1, -0.05) is 64.5 Å². The highest BCUT2D eigenvalue weighted by molar-refractivity contribution is 9.10. The number of para-hydroxylation sites is 1. The maximum absolute atomic E-state index is 13.6. The number of carbonyl (C=O) groups is 2. The number of carbonyl (C=O) groups excluding carboxylic acids is 2. The summed E-state index contributed by atoms with van der Waals surface area (Å²) < 4.78 is 0.910. The molecule has 0 aliphatic rings. The summed E-state index contributed by atoms with van der Waals surface area (Å²) in [5, 5.41) is 1.17. The number of halogens is 1. The summed E-state index contributed by atoms with van der Waals surface area (Å²) in [5.41, 5.74) is 3.91. The minimum Gasteiger partial charge on any atom is -0.361 e. The Hall–Kier alpha value is -3.38. The number of rotatable bonds is 9. The lowest BCUT2D eigenvalue weighted by Gasteiger charge is -2.30. The van der Waals surface area contributed by atoms with Crippen molar-refractivity contribution in [1.82, 2.24) is 14.8 Å². The molecular weight excluding hydrogens is 502 g/mol. The van der Waals surface area contributed by atoms with Gasteiger partial charge < -0.3 is 14.8 Å². The minimum atomic E-state index is -0.142. The average Bonchev–Trinajstić information content (AvgIpc) is 3.28. The fourth-order valence-corrected chi connectivity index (χ4v) is 4.45. The number of nitrogens with zero attached hydrogens (tertiary/aromatic N) is 2. The fraction of sp³-hybridized carbons (Fsp3) is 0.241. The standard InChI is InChI=1S/C29H30BrN3O2/c1-21(2)33(29(35)23-12-14-25(30)15-13-23)20-28(34)32(19-22-8-4-3-5-9-22)17-16-24-18-31-27-11-7-6-10-26(24)27/h3-15,18,21,31H,16-17,19-20H2,1-2H3. The van der Waals surface area contributed by atoms with Crippen LogP contribution in [-0.2, 0) is 17.8 Å². The highest BCUT2D eigenvalue weighted by atomic mass is 79.9. The van der Waals surface area contributed by atoms with Gasteiger partial charge in [0, 0.05) is 46.3 Å². The van der Waals surface area contributed by atoms with E-state index >= 15 is 0 Å². The molecule has 0 aliphatic heterocycles. The van der Waals surface area contributed by atoms with Crippen molar-refractivity contribution in [2.45, 2.75) is 32.9 Å². The second-order valence-corrected chi connectivity index (χ2v) is 9.86. The van der Waals surface area contributed by atoms with Crippen molar-refractivity contribution in [3.05, 3.63) is 106 Å². The van der Waals surface area contributed by atoms with Gasteiger partial charge in [0.2, 0.25) is 5.91 Å². The van der Waals surface area contributed by atoms with E-state index in [-0.39, 0.29) is 24.4 Å². The molecular formula is C29H30BrN3O2. The van der Waals surface area contributed by atoms with Crippen molar-refractivity contribution in [2.24, 2.45) is 0 Å². The summed E-state index contributed by atoms with van der Waals surface area (Å²) >= 11 is 3.41. The van der Waals surface area contributed by atoms with Crippen molar-refractivity contribution in [3.8, 4) is 0 Å². The first-order valence-corrected chi connectivity index (χ1v) is 12.6. The Morgan fingerprint density at radius 3 is 2.31 bits per heavy atom. The monoisotopic (exact) mass is 531 g/mol. The maximum atomic E-state index is 13.6. The van der Waals surface area contributed by atoms with Gasteiger partial charge in [-0.3, -0.25) is 9.59 Å². The van der Waals surface area contributed by atoms with Crippen molar-refractivity contribution in [2.75, 3.05) is 13.1 Å². The van der Waals surface area contributed by atoms with Crippen LogP contribution in [0.2, 0.25) is 0 Å². The van der Waals surface area contributed by atoms with Gasteiger partial charge in [-0.05, 0) is 61.7 Å². The van der Waals surface area contributed by atoms with Gasteiger partial charge >= 0.3 is 0 Å². The Morgan fingerprint density at radius 1 is 0.914 bits per heavy atom. The zero-order chi connectivity index (χ0) is 24.8. The number of H-pyrrole nitrogens is 1. The lowest BCUT2D eigenvalue weighted by molar-refractivity contribution is -0.132. The average molecular weight is 532 g/mol. The molecule has 1 N–H and O–H groups in total. The molecule has 5 nitrogen and oxygen atoms in total. The van der Waals surface area contributed by atoms with E-state index in [1.807, 2.05) is 79.5 Å². The molecule has 0 radical (unpaired) electrons. The Balaban J connectivity index is 1.53. The molecule has 0 unspecified atom stereocenters. The highest BCUT2D eigenvalue weighted by Crippen LogP contribution is 2.19. The smallest absolute Gasteiger partial charge is 0.254 e. The first-order chi connectivity index (χ1) is 16.9. The van der Waals surface area contributed by atoms with Crippen molar-refractivity contribution in [1.29, 1.82) is 0 Å². The zero-order valence-corrected chi connectivity index (χ0v) is 21.7. The molecule has 0 spiro atoms. The lowest BCUT2D eigenvalue weighted by atomic mass is 10.1. The summed E-state index contributed by atoms with van der Waals surface area (Å²) in [6.07, 6.45) is 2.75. The number of hydrogen-bond donors (Lipinski definition) is 1. The molecule has 1 aromatic heterocycles. The third-order valence-corrected chi connectivity index (χ3v) is 6.70. The first-order valence-electron chi connectivity index (χ1n) is 11.9. The van der Waals surface area contributed by atoms with Crippen LogP contribution < -0.4 is 0 Å². The van der Waals surface area contributed by atoms with Crippen LogP contribution in [0.3, 0.4) is 0 Å². The van der Waals surface area contributed by atoms with Crippen LogP contribution in [0.15, 0.2) is 89.5 Å². The second-order valence-electron chi connectivity index (χ2n) is 8.94. The van der Waals surface area contributed by atoms with Gasteiger partial charge in [0.05, 0.1) is 0 Å². The van der Waals surface area contributed by atoms with E-state index in [0.717, 1.165) is 22.0 Å². The van der Waals surface area contributed by atoms with Crippen LogP contribution in [0.5, 0.6) is 0 Å². The molecule has 4 aromatic rings. The van der Waals surface area contributed by atoms with Crippen LogP contribution in [0.1, 0.15) is 35.3 Å². The molecule has 35 heavy (non-hydrogen) atoms. The molecule has 0 fully saturated rings. The highest BCUT2D eigenvalue weighted by Gasteiger charge is 2.25. The molecule has 6 heteroatoms. The van der Waals surface area contributed by atoms with E-state index in [4.69, 9.17) is 0 Å². The Labute approximate surface area is 214 Å². The molecule has 180 valence electrons. The van der Waals surface area contributed by atoms with Crippen molar-refractivity contribution >= 4 is 38.6 Å². The lowest BCUT2D eigenvalue weighted by Crippen LogP contribution is -2.46. The van der Waals surface area contributed by atoms with Gasteiger partial charge in [0.1, 0.15) is 6.54 Å². The SMILES string of the molecule is CC(C)N(CC(=O)N(CCc1c[nH]c2ccccc12)Cc1ccccc1)C(=O)c1ccc(Br)cc1. The topological polar surface area (TPSA) is 56.4 Å². The predicted octanol–water partition coefficient (Wildman–Crippen LogP) is 6.05. The summed E-state index contributed by atoms with van der Waals surface area (Å²) in [4.78, 5) is 33.7. The summed E-state index contributed by atoms with van der Waals surface area (Å²) in [6, 6.07) is 25.3. The van der Waals surface area contributed by atoms with E-state index in [1.54, 1.807) is 17.0 Å². The third-order valence-electron chi connectivity index (χ3n) is 6.18. The van der Waals surface area contributed by atoms with Crippen LogP contribution >= 0.6 is 15.9 Å². The number of benzene rings is 3. The van der Waals surface area contributed by atoms with Gasteiger partial charge in [-0.15, -0.1) is 0 Å². The van der Waals surface area contributed by atoms with E-state index in [1.165, 1.54) is 10.9 Å². The Kier molecular flexibility index (Phi) is 8.03. The molecule has 0 saturated carbocycles. The summed E-state index contributed by atoms with van der Waals surface area (Å²) in [5.74, 6) is -0.204. The van der Waals surface area contributed by atoms with Crippen LogP contribution in [0.25, 0.3) is 10.9 Å². The third kappa shape index (κ3) is 6.20. The van der Waals surface area contributed by atoms with Crippen molar-refractivity contribution < 1.29 is 9.59 Å². The number of nitrogens with one attached hydrogen (secondary N) is 1. The van der Waals surface area contributed by atoms with Crippen LogP contribution in [-0.4, -0.2) is 45.7 Å². The molecule has 3 aromatic carbocycles. The zero-order valence-electron chi connectivity index (χ0n) is 20.1. The van der Waals surface area contributed by atoms with E-state index in [9.17, 15) is 9.59 Å². The normalized spacial score (nSPS) is 11.1. The van der Waals surface area contributed by atoms with E-state index < -0.39 is 0 Å². The Bertz CT molecular complexity index is 1280. The number of fused-ring (bicyclic) bond motifs is 1. The molecule has 0 bridgehead atoms. The van der Waals surface area contributed by atoms with Gasteiger partial charge in [0.25, 0.3) is 5.91 Å². The quantitative estimate of drug-likeness (QED) is 0.285. The molecule has 0 saturated heterocycles. The van der Waals surface area contributed by atoms with Crippen LogP contribution in [0.4, 0.5) is 0 Å². The van der Waals surface area contributed by atoms with Gasteiger partial charge in [-0.25, -0.2) is 0 Å². The van der Waals surface area contributed by atoms with E-state index in [2.05, 4.69) is 33.0 Å². The van der Waals surface area contributed by atoms with Gasteiger partial charge in [0.15, 0.2) is 0 Å². The fourth-order valence-electron chi connectivity index (χ4n) is 4.18. The predicted molar refractivity (Wildman–Crippen MR) is 144 cm³/mol. The number of hydrogen-bond acceptors (Lipinski definition) is 2. The molecule has 0 aliphatic carbocycles. The van der Waals surface area contributed by atoms with Crippen molar-refractivity contribution in [3.63, 3.8) is 0 Å². The molecule has 4 rings (SSSR count). The second kappa shape index (κ2) is 11.4. The number of amides is 2. The van der Waals surface area contributed by atoms with E-state index in [0.29, 0.717) is 18.7 Å². The molecule has 2 amide bonds. The summed E-state index contributed by atoms with van der Waals surface area (Å²) in [7, 11) is 0. The number of aromatic amines is 1. The largest absolute Gasteiger partial charge is 0.361 e. The molecule has 0 atom stereocenters. The van der Waals surface area contributed by atoms with Crippen LogP contribution in [0, 0.1) is 0 Å². The molecule has 1 heterocycles. The Morgan fingerprint density at radius 2 is 1.60 bits per heavy atom.